The van der Waals surface area contributed by atoms with Gasteiger partial charge in [-0.1, -0.05) is 24.8 Å². The molecule has 7 nitrogen and oxygen atoms in total. The average molecular weight is 464 g/mol. The normalized spacial score (nSPS) is 22.5. The van der Waals surface area contributed by atoms with Gasteiger partial charge in [0.1, 0.15) is 0 Å². The van der Waals surface area contributed by atoms with Crippen LogP contribution in [0.15, 0.2) is 30.6 Å². The van der Waals surface area contributed by atoms with Gasteiger partial charge < -0.3 is 14.6 Å². The van der Waals surface area contributed by atoms with E-state index in [4.69, 9.17) is 9.47 Å². The first-order chi connectivity index (χ1) is 16.5. The first-order valence-corrected chi connectivity index (χ1v) is 12.2. The fourth-order valence-corrected chi connectivity index (χ4v) is 4.70. The van der Waals surface area contributed by atoms with Crippen LogP contribution in [0.4, 0.5) is 5.95 Å². The van der Waals surface area contributed by atoms with Crippen molar-refractivity contribution < 1.29 is 19.4 Å². The number of anilines is 1. The molecule has 2 aliphatic rings. The van der Waals surface area contributed by atoms with Crippen molar-refractivity contribution in [3.63, 3.8) is 0 Å². The lowest BCUT2D eigenvalue weighted by molar-refractivity contribution is -0.115. The zero-order valence-corrected chi connectivity index (χ0v) is 20.0. The summed E-state index contributed by atoms with van der Waals surface area (Å²) in [6, 6.07) is 6.10. The zero-order valence-electron chi connectivity index (χ0n) is 20.0. The van der Waals surface area contributed by atoms with Gasteiger partial charge in [-0.05, 0) is 69.1 Å². The van der Waals surface area contributed by atoms with Crippen molar-refractivity contribution in [1.29, 1.82) is 0 Å². The highest BCUT2D eigenvalue weighted by Gasteiger charge is 2.36. The summed E-state index contributed by atoms with van der Waals surface area (Å²) in [5, 5.41) is 12.8. The predicted molar refractivity (Wildman–Crippen MR) is 130 cm³/mol. The highest BCUT2D eigenvalue weighted by atomic mass is 16.5. The van der Waals surface area contributed by atoms with Crippen LogP contribution in [0.3, 0.4) is 0 Å². The molecule has 1 aromatic heterocycles. The van der Waals surface area contributed by atoms with E-state index >= 15 is 0 Å². The lowest BCUT2D eigenvalue weighted by atomic mass is 9.69. The molecular weight excluding hydrogens is 430 g/mol. The Hall–Kier alpha value is -3.11. The topological polar surface area (TPSA) is 93.6 Å². The van der Waals surface area contributed by atoms with Gasteiger partial charge in [0.2, 0.25) is 11.9 Å². The molecule has 0 atom stereocenters. The second-order valence-electron chi connectivity index (χ2n) is 9.15. The zero-order chi connectivity index (χ0) is 24.0. The number of benzene rings is 1. The highest BCUT2D eigenvalue weighted by Crippen LogP contribution is 2.43. The van der Waals surface area contributed by atoms with Crippen molar-refractivity contribution >= 4 is 11.9 Å². The lowest BCUT2D eigenvalue weighted by Crippen LogP contribution is -2.32. The molecule has 0 unspecified atom stereocenters. The van der Waals surface area contributed by atoms with Crippen LogP contribution in [-0.4, -0.2) is 40.3 Å². The Morgan fingerprint density at radius 3 is 2.50 bits per heavy atom. The summed E-state index contributed by atoms with van der Waals surface area (Å²) in [6.07, 6.45) is 11.0. The van der Waals surface area contributed by atoms with Gasteiger partial charge in [0, 0.05) is 18.8 Å². The minimum atomic E-state index is -0.408. The Morgan fingerprint density at radius 1 is 1.15 bits per heavy atom. The lowest BCUT2D eigenvalue weighted by Gasteiger charge is -2.35. The minimum Gasteiger partial charge on any atom is -0.493 e. The smallest absolute Gasteiger partial charge is 0.229 e. The molecular formula is C27H33N3O4. The number of nitrogens with one attached hydrogen (secondary N) is 1. The summed E-state index contributed by atoms with van der Waals surface area (Å²) < 4.78 is 11.9. The van der Waals surface area contributed by atoms with Gasteiger partial charge in [-0.15, -0.1) is 0 Å². The van der Waals surface area contributed by atoms with Gasteiger partial charge >= 0.3 is 0 Å². The van der Waals surface area contributed by atoms with E-state index in [9.17, 15) is 9.90 Å². The molecule has 0 bridgehead atoms. The van der Waals surface area contributed by atoms with E-state index < -0.39 is 5.41 Å². The molecule has 0 saturated heterocycles. The van der Waals surface area contributed by atoms with Gasteiger partial charge in [0.05, 0.1) is 30.3 Å². The number of aromatic nitrogens is 2. The number of carbonyl (C=O) groups excluding carboxylic acids is 1. The molecule has 34 heavy (non-hydrogen) atoms. The van der Waals surface area contributed by atoms with Crippen molar-refractivity contribution in [2.75, 3.05) is 12.4 Å². The van der Waals surface area contributed by atoms with E-state index in [1.807, 2.05) is 6.07 Å². The maximum Gasteiger partial charge on any atom is 0.229 e. The molecule has 0 spiro atoms. The minimum absolute atomic E-state index is 0.131. The summed E-state index contributed by atoms with van der Waals surface area (Å²) in [7, 11) is 1.66. The van der Waals surface area contributed by atoms with E-state index in [0.717, 1.165) is 42.7 Å². The number of aliphatic hydroxyl groups is 1. The number of carbonyl (C=O) groups is 1. The van der Waals surface area contributed by atoms with Crippen LogP contribution in [0.1, 0.15) is 75.8 Å². The van der Waals surface area contributed by atoms with Crippen molar-refractivity contribution in [1.82, 2.24) is 9.97 Å². The van der Waals surface area contributed by atoms with Crippen molar-refractivity contribution in [3.05, 3.63) is 41.7 Å². The summed E-state index contributed by atoms with van der Waals surface area (Å²) in [5.41, 5.74) is 1.35. The summed E-state index contributed by atoms with van der Waals surface area (Å²) >= 11 is 0. The molecule has 7 heteroatoms. The first-order valence-electron chi connectivity index (χ1n) is 12.2. The van der Waals surface area contributed by atoms with Crippen molar-refractivity contribution in [2.24, 2.45) is 0 Å². The second kappa shape index (κ2) is 10.9. The molecule has 180 valence electrons. The molecule has 1 heterocycles. The van der Waals surface area contributed by atoms with Crippen LogP contribution in [-0.2, 0) is 10.2 Å². The quantitative estimate of drug-likeness (QED) is 0.618. The van der Waals surface area contributed by atoms with Gasteiger partial charge in [-0.2, -0.15) is 0 Å². The highest BCUT2D eigenvalue weighted by molar-refractivity contribution is 5.88. The van der Waals surface area contributed by atoms with Crippen molar-refractivity contribution in [3.8, 4) is 23.3 Å². The summed E-state index contributed by atoms with van der Waals surface area (Å²) in [4.78, 5) is 20.0. The number of ether oxygens (including phenoxy) is 2. The third-order valence-electron chi connectivity index (χ3n) is 6.79. The fraction of sp³-hybridized carbons (Fsp3) is 0.519. The number of nitrogens with zero attached hydrogens (tertiary/aromatic N) is 2. The fourth-order valence-electron chi connectivity index (χ4n) is 4.70. The molecule has 2 aromatic rings. The van der Waals surface area contributed by atoms with Crippen LogP contribution < -0.4 is 14.8 Å². The predicted octanol–water partition coefficient (Wildman–Crippen LogP) is 4.38. The first kappa shape index (κ1) is 24.0. The number of methoxy groups -OCH3 is 1. The Bertz CT molecular complexity index is 1040. The number of amides is 1. The number of aliphatic hydroxyl groups excluding tert-OH is 1. The molecule has 2 aliphatic carbocycles. The molecule has 0 radical (unpaired) electrons. The number of rotatable bonds is 6. The van der Waals surface area contributed by atoms with Crippen LogP contribution in [0.25, 0.3) is 0 Å². The molecule has 0 aliphatic heterocycles. The van der Waals surface area contributed by atoms with E-state index in [1.54, 1.807) is 26.4 Å². The summed E-state index contributed by atoms with van der Waals surface area (Å²) in [6.45, 7) is 1.78. The molecule has 2 saturated carbocycles. The van der Waals surface area contributed by atoms with Gasteiger partial charge in [0.25, 0.3) is 0 Å². The monoisotopic (exact) mass is 463 g/mol. The van der Waals surface area contributed by atoms with Crippen LogP contribution in [0, 0.1) is 11.8 Å². The Labute approximate surface area is 201 Å². The van der Waals surface area contributed by atoms with Gasteiger partial charge in [0.15, 0.2) is 11.5 Å². The third-order valence-corrected chi connectivity index (χ3v) is 6.79. The standard InChI is InChI=1S/C27H33N3O4/c1-3-25(32)30-26-28-17-19(18-29-26)10-13-27(14-11-21(31)12-15-27)20-8-9-23(33-2)24(16-20)34-22-6-4-5-7-22/h8-9,16-18,21-22,31H,3-7,11-12,14-15H2,1-2H3,(H,28,29,30,32)/t21-,27-. The molecule has 2 fully saturated rings. The van der Waals surface area contributed by atoms with E-state index in [0.29, 0.717) is 24.8 Å². The maximum absolute atomic E-state index is 11.5. The molecule has 1 aromatic carbocycles. The van der Waals surface area contributed by atoms with Crippen molar-refractivity contribution in [2.45, 2.75) is 82.3 Å². The Balaban J connectivity index is 1.63. The second-order valence-corrected chi connectivity index (χ2v) is 9.15. The Morgan fingerprint density at radius 2 is 1.85 bits per heavy atom. The number of hydrogen-bond donors (Lipinski definition) is 2. The van der Waals surface area contributed by atoms with Gasteiger partial charge in [-0.25, -0.2) is 9.97 Å². The summed E-state index contributed by atoms with van der Waals surface area (Å²) in [5.74, 6) is 8.37. The third kappa shape index (κ3) is 5.68. The van der Waals surface area contributed by atoms with E-state index in [1.165, 1.54) is 12.8 Å². The Kier molecular flexibility index (Phi) is 7.69. The molecule has 1 amide bonds. The van der Waals surface area contributed by atoms with Gasteiger partial charge in [-0.3, -0.25) is 10.1 Å². The SMILES string of the molecule is CCC(=O)Nc1ncc(C#C[C@]2(c3ccc(OC)c(OC4CCCC4)c3)CC[C@H](O)CC2)cn1. The van der Waals surface area contributed by atoms with Crippen LogP contribution >= 0.6 is 0 Å². The van der Waals surface area contributed by atoms with E-state index in [-0.39, 0.29) is 24.1 Å². The van der Waals surface area contributed by atoms with Crippen LogP contribution in [0.2, 0.25) is 0 Å². The van der Waals surface area contributed by atoms with Crippen LogP contribution in [0.5, 0.6) is 11.5 Å². The van der Waals surface area contributed by atoms with E-state index in [2.05, 4.69) is 39.3 Å². The average Bonchev–Trinajstić information content (AvgIpc) is 3.38. The molecule has 2 N–H and O–H groups in total. The number of hydrogen-bond acceptors (Lipinski definition) is 6. The molecule has 4 rings (SSSR count). The maximum atomic E-state index is 11.5. The largest absolute Gasteiger partial charge is 0.493 e.